The summed E-state index contributed by atoms with van der Waals surface area (Å²) >= 11 is 0. The van der Waals surface area contributed by atoms with Crippen LogP contribution in [0.2, 0.25) is 0 Å². The van der Waals surface area contributed by atoms with Gasteiger partial charge in [-0.25, -0.2) is 4.98 Å². The highest BCUT2D eigenvalue weighted by Crippen LogP contribution is 2.29. The molecule has 3 aromatic carbocycles. The predicted octanol–water partition coefficient (Wildman–Crippen LogP) is 4.34. The lowest BCUT2D eigenvalue weighted by atomic mass is 9.99. The van der Waals surface area contributed by atoms with Gasteiger partial charge in [-0.05, 0) is 39.7 Å². The minimum absolute atomic E-state index is 1.00. The molecule has 0 saturated heterocycles. The Kier molecular flexibility index (Phi) is 1.89. The van der Waals surface area contributed by atoms with Crippen LogP contribution < -0.4 is 0 Å². The first-order valence-electron chi connectivity index (χ1n) is 6.01. The number of rotatable bonds is 0. The predicted molar refractivity (Wildman–Crippen MR) is 75.6 cm³/mol. The van der Waals surface area contributed by atoms with Crippen molar-refractivity contribution in [2.45, 2.75) is 0 Å². The molecule has 0 unspecified atom stereocenters. The van der Waals surface area contributed by atoms with Gasteiger partial charge < -0.3 is 0 Å². The highest BCUT2D eigenvalue weighted by atomic mass is 14.6. The Bertz CT molecular complexity index is 803. The highest BCUT2D eigenvalue weighted by Gasteiger charge is 2.03. The Morgan fingerprint density at radius 1 is 0.667 bits per heavy atom. The van der Waals surface area contributed by atoms with Gasteiger partial charge in [0.2, 0.25) is 0 Å². The summed E-state index contributed by atoms with van der Waals surface area (Å²) in [5.74, 6) is 0. The molecule has 1 radical (unpaired) electrons. The molecule has 4 rings (SSSR count). The van der Waals surface area contributed by atoms with Crippen LogP contribution in [0, 0.1) is 6.20 Å². The molecule has 0 aliphatic heterocycles. The van der Waals surface area contributed by atoms with Crippen LogP contribution >= 0.6 is 0 Å². The van der Waals surface area contributed by atoms with Gasteiger partial charge in [0.15, 0.2) is 0 Å². The van der Waals surface area contributed by atoms with Crippen molar-refractivity contribution in [1.29, 1.82) is 0 Å². The van der Waals surface area contributed by atoms with Crippen LogP contribution in [0.4, 0.5) is 0 Å². The molecule has 0 bridgehead atoms. The lowest BCUT2D eigenvalue weighted by molar-refractivity contribution is 1.40. The minimum Gasteiger partial charge on any atom is -0.246 e. The van der Waals surface area contributed by atoms with Gasteiger partial charge in [-0.2, -0.15) is 0 Å². The van der Waals surface area contributed by atoms with E-state index in [1.165, 1.54) is 26.9 Å². The Morgan fingerprint density at radius 3 is 2.50 bits per heavy atom. The number of fused-ring (bicyclic) bond motifs is 5. The molecule has 1 heteroatoms. The Labute approximate surface area is 105 Å². The topological polar surface area (TPSA) is 12.9 Å². The zero-order valence-corrected chi connectivity index (χ0v) is 9.72. The van der Waals surface area contributed by atoms with E-state index in [1.807, 2.05) is 6.07 Å². The normalized spacial score (nSPS) is 11.3. The molecule has 0 aliphatic rings. The third-order valence-corrected chi connectivity index (χ3v) is 3.45. The van der Waals surface area contributed by atoms with Crippen molar-refractivity contribution in [2.75, 3.05) is 0 Å². The smallest absolute Gasteiger partial charge is 0.0894 e. The fraction of sp³-hybridized carbons (Fsp3) is 0. The Morgan fingerprint density at radius 2 is 1.50 bits per heavy atom. The van der Waals surface area contributed by atoms with Crippen molar-refractivity contribution in [3.63, 3.8) is 0 Å². The number of hydrogen-bond acceptors (Lipinski definition) is 1. The molecule has 0 N–H and O–H groups in total. The summed E-state index contributed by atoms with van der Waals surface area (Å²) in [4.78, 5) is 4.29. The molecule has 18 heavy (non-hydrogen) atoms. The fourth-order valence-corrected chi connectivity index (χ4v) is 2.60. The van der Waals surface area contributed by atoms with Crippen molar-refractivity contribution in [3.8, 4) is 0 Å². The quantitative estimate of drug-likeness (QED) is 0.408. The Balaban J connectivity index is 2.31. The van der Waals surface area contributed by atoms with Crippen LogP contribution in [0.1, 0.15) is 0 Å². The number of nitrogens with zero attached hydrogens (tertiary/aromatic N) is 1. The van der Waals surface area contributed by atoms with Gasteiger partial charge in [-0.15, -0.1) is 0 Å². The minimum atomic E-state index is 1.00. The average Bonchev–Trinajstić information content (AvgIpc) is 2.46. The van der Waals surface area contributed by atoms with E-state index in [0.717, 1.165) is 5.52 Å². The molecule has 0 amide bonds. The van der Waals surface area contributed by atoms with E-state index in [4.69, 9.17) is 0 Å². The second-order valence-corrected chi connectivity index (χ2v) is 4.45. The first kappa shape index (κ1) is 9.60. The molecule has 0 aliphatic carbocycles. The van der Waals surface area contributed by atoms with E-state index < -0.39 is 0 Å². The van der Waals surface area contributed by atoms with Crippen molar-refractivity contribution >= 4 is 32.4 Å². The maximum Gasteiger partial charge on any atom is 0.0894 e. The van der Waals surface area contributed by atoms with Crippen molar-refractivity contribution < 1.29 is 0 Å². The summed E-state index contributed by atoms with van der Waals surface area (Å²) in [5.41, 5.74) is 1.00. The summed E-state index contributed by atoms with van der Waals surface area (Å²) in [6, 6.07) is 21.0. The molecule has 0 atom stereocenters. The first-order valence-corrected chi connectivity index (χ1v) is 6.01. The molecular weight excluding hydrogens is 218 g/mol. The Hall–Kier alpha value is -2.41. The highest BCUT2D eigenvalue weighted by molar-refractivity contribution is 6.16. The molecule has 0 spiro atoms. The molecule has 0 fully saturated rings. The summed E-state index contributed by atoms with van der Waals surface area (Å²) in [7, 11) is 0. The maximum atomic E-state index is 4.29. The van der Waals surface area contributed by atoms with Crippen LogP contribution in [0.25, 0.3) is 32.4 Å². The van der Waals surface area contributed by atoms with E-state index in [0.29, 0.717) is 0 Å². The summed E-state index contributed by atoms with van der Waals surface area (Å²) in [5, 5.41) is 6.31. The zero-order chi connectivity index (χ0) is 11.9. The standard InChI is InChI=1S/C17H10N/c1-2-5-13-12(4-1)7-8-15-14(13)9-10-17-16(15)6-3-11-18-17/h1-10H. The van der Waals surface area contributed by atoms with Gasteiger partial charge in [-0.1, -0.05) is 42.5 Å². The molecule has 0 saturated carbocycles. The van der Waals surface area contributed by atoms with Gasteiger partial charge in [0.05, 0.1) is 11.7 Å². The lowest BCUT2D eigenvalue weighted by Gasteiger charge is -2.06. The number of pyridine rings is 1. The van der Waals surface area contributed by atoms with Gasteiger partial charge in [0.25, 0.3) is 0 Å². The molecular formula is C17H10N. The molecule has 1 heterocycles. The van der Waals surface area contributed by atoms with Gasteiger partial charge >= 0.3 is 0 Å². The van der Waals surface area contributed by atoms with Gasteiger partial charge in [-0.3, -0.25) is 0 Å². The van der Waals surface area contributed by atoms with Gasteiger partial charge in [0.1, 0.15) is 0 Å². The number of hydrogen-bond donors (Lipinski definition) is 0. The SMILES string of the molecule is [c]1ccc2c(ccc3c4ccccc4ccc23)n1. The van der Waals surface area contributed by atoms with Crippen molar-refractivity contribution in [2.24, 2.45) is 0 Å². The summed E-state index contributed by atoms with van der Waals surface area (Å²) in [6.07, 6.45) is 2.89. The summed E-state index contributed by atoms with van der Waals surface area (Å²) in [6.45, 7) is 0. The van der Waals surface area contributed by atoms with E-state index in [9.17, 15) is 0 Å². The van der Waals surface area contributed by atoms with E-state index in [1.54, 1.807) is 0 Å². The molecule has 4 aromatic rings. The second kappa shape index (κ2) is 3.54. The van der Waals surface area contributed by atoms with Gasteiger partial charge in [0, 0.05) is 5.39 Å². The fourth-order valence-electron chi connectivity index (χ4n) is 2.60. The van der Waals surface area contributed by atoms with Crippen LogP contribution in [0.15, 0.2) is 60.7 Å². The first-order chi connectivity index (χ1) is 8.93. The monoisotopic (exact) mass is 228 g/mol. The number of benzene rings is 3. The van der Waals surface area contributed by atoms with Crippen LogP contribution in [-0.4, -0.2) is 4.98 Å². The van der Waals surface area contributed by atoms with E-state index in [-0.39, 0.29) is 0 Å². The van der Waals surface area contributed by atoms with Crippen molar-refractivity contribution in [3.05, 3.63) is 66.9 Å². The van der Waals surface area contributed by atoms with Crippen LogP contribution in [-0.2, 0) is 0 Å². The van der Waals surface area contributed by atoms with E-state index >= 15 is 0 Å². The third kappa shape index (κ3) is 1.25. The maximum absolute atomic E-state index is 4.29. The zero-order valence-electron chi connectivity index (χ0n) is 9.72. The molecule has 1 nitrogen and oxygen atoms in total. The average molecular weight is 228 g/mol. The van der Waals surface area contributed by atoms with Crippen molar-refractivity contribution in [1.82, 2.24) is 4.98 Å². The summed E-state index contributed by atoms with van der Waals surface area (Å²) < 4.78 is 0. The van der Waals surface area contributed by atoms with E-state index in [2.05, 4.69) is 65.8 Å². The van der Waals surface area contributed by atoms with Crippen LogP contribution in [0.5, 0.6) is 0 Å². The lowest BCUT2D eigenvalue weighted by Crippen LogP contribution is -1.82. The second-order valence-electron chi connectivity index (χ2n) is 4.45. The third-order valence-electron chi connectivity index (χ3n) is 3.45. The largest absolute Gasteiger partial charge is 0.246 e. The van der Waals surface area contributed by atoms with Crippen LogP contribution in [0.3, 0.4) is 0 Å². The number of aromatic nitrogens is 1. The molecule has 83 valence electrons. The molecule has 1 aromatic heterocycles.